The lowest BCUT2D eigenvalue weighted by atomic mass is 10.2. The summed E-state index contributed by atoms with van der Waals surface area (Å²) in [7, 11) is 0. The molecule has 2 bridgehead atoms. The Morgan fingerprint density at radius 1 is 1.30 bits per heavy atom. The van der Waals surface area contributed by atoms with Gasteiger partial charge in [-0.1, -0.05) is 0 Å². The summed E-state index contributed by atoms with van der Waals surface area (Å²) in [5.41, 5.74) is 0. The highest BCUT2D eigenvalue weighted by Crippen LogP contribution is 2.24. The molecule has 1 amide bonds. The van der Waals surface area contributed by atoms with Crippen molar-refractivity contribution in [3.63, 3.8) is 0 Å². The van der Waals surface area contributed by atoms with Crippen LogP contribution in [0.25, 0.3) is 0 Å². The lowest BCUT2D eigenvalue weighted by Crippen LogP contribution is -2.41. The average Bonchev–Trinajstić information content (AvgIpc) is 2.30. The molecule has 0 saturated carbocycles. The molecule has 2 fully saturated rings. The van der Waals surface area contributed by atoms with Crippen LogP contribution in [-0.4, -0.2) is 36.6 Å². The Morgan fingerprint density at radius 2 is 1.90 bits per heavy atom. The summed E-state index contributed by atoms with van der Waals surface area (Å²) in [4.78, 5) is 11.9. The van der Waals surface area contributed by atoms with Gasteiger partial charge in [0.2, 0.25) is 0 Å². The molecule has 0 aromatic carbocycles. The number of amides is 1. The van der Waals surface area contributed by atoms with Crippen LogP contribution in [0.1, 0.15) is 12.8 Å². The van der Waals surface area contributed by atoms with E-state index in [1.807, 2.05) is 6.41 Å². The molecule has 0 spiro atoms. The average molecular weight is 140 g/mol. The van der Waals surface area contributed by atoms with E-state index in [0.29, 0.717) is 12.2 Å². The molecule has 0 aliphatic carbocycles. The summed E-state index contributed by atoms with van der Waals surface area (Å²) < 4.78 is 5.51. The molecule has 0 N–H and O–H groups in total. The monoisotopic (exact) mass is 140 g/mol. The molecule has 2 heterocycles. The van der Waals surface area contributed by atoms with Crippen molar-refractivity contribution in [1.29, 1.82) is 0 Å². The van der Waals surface area contributed by atoms with Gasteiger partial charge in [-0.2, -0.15) is 0 Å². The molecule has 1 radical (unpaired) electrons. The normalized spacial score (nSPS) is 38.2. The van der Waals surface area contributed by atoms with Crippen molar-refractivity contribution in [2.75, 3.05) is 13.1 Å². The Kier molecular flexibility index (Phi) is 1.38. The number of rotatable bonds is 1. The van der Waals surface area contributed by atoms with Gasteiger partial charge >= 0.3 is 6.41 Å². The van der Waals surface area contributed by atoms with E-state index in [2.05, 4.69) is 0 Å². The first-order chi connectivity index (χ1) is 4.88. The van der Waals surface area contributed by atoms with Gasteiger partial charge in [0.25, 0.3) is 0 Å². The van der Waals surface area contributed by atoms with Crippen molar-refractivity contribution >= 4 is 6.41 Å². The number of morpholine rings is 1. The predicted molar refractivity (Wildman–Crippen MR) is 35.2 cm³/mol. The van der Waals surface area contributed by atoms with Gasteiger partial charge in [0.15, 0.2) is 0 Å². The minimum absolute atomic E-state index is 0.306. The fourth-order valence-corrected chi connectivity index (χ4v) is 1.69. The second kappa shape index (κ2) is 2.23. The van der Waals surface area contributed by atoms with E-state index in [-0.39, 0.29) is 0 Å². The smallest absolute Gasteiger partial charge is 0.312 e. The first-order valence-electron chi connectivity index (χ1n) is 3.66. The maximum atomic E-state index is 10.2. The van der Waals surface area contributed by atoms with E-state index < -0.39 is 0 Å². The molecule has 3 nitrogen and oxygen atoms in total. The third-order valence-electron chi connectivity index (χ3n) is 2.17. The Balaban J connectivity index is 2.02. The van der Waals surface area contributed by atoms with Crippen molar-refractivity contribution in [2.45, 2.75) is 25.0 Å². The van der Waals surface area contributed by atoms with Gasteiger partial charge in [0, 0.05) is 13.1 Å². The van der Waals surface area contributed by atoms with Crippen molar-refractivity contribution in [3.8, 4) is 0 Å². The Morgan fingerprint density at radius 3 is 2.40 bits per heavy atom. The molecule has 0 aromatic heterocycles. The van der Waals surface area contributed by atoms with E-state index in [1.165, 1.54) is 0 Å². The zero-order valence-corrected chi connectivity index (χ0v) is 5.75. The van der Waals surface area contributed by atoms with Crippen LogP contribution >= 0.6 is 0 Å². The van der Waals surface area contributed by atoms with Crippen LogP contribution in [0.4, 0.5) is 0 Å². The van der Waals surface area contributed by atoms with Crippen molar-refractivity contribution in [2.24, 2.45) is 0 Å². The zero-order valence-electron chi connectivity index (χ0n) is 5.75. The summed E-state index contributed by atoms with van der Waals surface area (Å²) in [6.45, 7) is 1.50. The largest absolute Gasteiger partial charge is 0.371 e. The quantitative estimate of drug-likeness (QED) is 0.509. The number of hydrogen-bond donors (Lipinski definition) is 0. The number of ether oxygens (including phenoxy) is 1. The van der Waals surface area contributed by atoms with Gasteiger partial charge in [-0.05, 0) is 12.8 Å². The maximum absolute atomic E-state index is 10.2. The van der Waals surface area contributed by atoms with Crippen LogP contribution < -0.4 is 0 Å². The van der Waals surface area contributed by atoms with E-state index in [1.54, 1.807) is 4.90 Å². The molecule has 2 saturated heterocycles. The first kappa shape index (κ1) is 6.16. The van der Waals surface area contributed by atoms with E-state index in [0.717, 1.165) is 25.9 Å². The molecule has 3 heteroatoms. The third-order valence-corrected chi connectivity index (χ3v) is 2.17. The van der Waals surface area contributed by atoms with Crippen molar-refractivity contribution in [1.82, 2.24) is 4.90 Å². The third kappa shape index (κ3) is 0.904. The summed E-state index contributed by atoms with van der Waals surface area (Å²) in [6.07, 6.45) is 4.75. The Labute approximate surface area is 60.0 Å². The fraction of sp³-hybridized carbons (Fsp3) is 0.857. The van der Waals surface area contributed by atoms with Crippen LogP contribution in [0, 0.1) is 0 Å². The van der Waals surface area contributed by atoms with Gasteiger partial charge in [-0.3, -0.25) is 4.79 Å². The van der Waals surface area contributed by atoms with Gasteiger partial charge in [-0.15, -0.1) is 0 Å². The van der Waals surface area contributed by atoms with Gasteiger partial charge in [-0.25, -0.2) is 0 Å². The van der Waals surface area contributed by atoms with Crippen LogP contribution in [0.5, 0.6) is 0 Å². The lowest BCUT2D eigenvalue weighted by Gasteiger charge is -2.27. The molecule has 2 aliphatic rings. The van der Waals surface area contributed by atoms with Crippen LogP contribution in [-0.2, 0) is 9.53 Å². The second-order valence-corrected chi connectivity index (χ2v) is 2.95. The van der Waals surface area contributed by atoms with Crippen LogP contribution in [0.2, 0.25) is 0 Å². The summed E-state index contributed by atoms with van der Waals surface area (Å²) in [5.74, 6) is 0. The summed E-state index contributed by atoms with van der Waals surface area (Å²) in [6, 6.07) is 0. The molecule has 2 unspecified atom stereocenters. The predicted octanol–water partition coefficient (Wildman–Crippen LogP) is -0.0832. The van der Waals surface area contributed by atoms with Crippen molar-refractivity contribution < 1.29 is 9.53 Å². The van der Waals surface area contributed by atoms with Crippen LogP contribution in [0.3, 0.4) is 0 Å². The minimum Gasteiger partial charge on any atom is -0.371 e. The molecular weight excluding hydrogens is 130 g/mol. The second-order valence-electron chi connectivity index (χ2n) is 2.95. The van der Waals surface area contributed by atoms with Crippen LogP contribution in [0.15, 0.2) is 0 Å². The highest BCUT2D eigenvalue weighted by molar-refractivity contribution is 5.48. The first-order valence-corrected chi connectivity index (χ1v) is 3.66. The highest BCUT2D eigenvalue weighted by atomic mass is 16.5. The van der Waals surface area contributed by atoms with Gasteiger partial charge < -0.3 is 9.64 Å². The van der Waals surface area contributed by atoms with Gasteiger partial charge in [0.1, 0.15) is 0 Å². The van der Waals surface area contributed by atoms with E-state index in [9.17, 15) is 4.79 Å². The number of nitrogens with zero attached hydrogens (tertiary/aromatic N) is 1. The molecule has 2 aliphatic heterocycles. The standard InChI is InChI=1S/C7H10NO2/c9-5-8-3-6-1-2-7(4-8)10-6/h6-7H,1-4H2. The lowest BCUT2D eigenvalue weighted by molar-refractivity contribution is -0.0163. The highest BCUT2D eigenvalue weighted by Gasteiger charge is 2.33. The number of likely N-dealkylation sites (tertiary alicyclic amines) is 1. The minimum atomic E-state index is 0.306. The number of fused-ring (bicyclic) bond motifs is 2. The Bertz CT molecular complexity index is 137. The number of carbonyl (C=O) groups excluding carboxylic acids is 1. The molecular formula is C7H10NO2. The maximum Gasteiger partial charge on any atom is 0.312 e. The molecule has 10 heavy (non-hydrogen) atoms. The molecule has 0 aromatic rings. The SMILES string of the molecule is O=[C]N1CC2CCC(C1)O2. The number of hydrogen-bond acceptors (Lipinski definition) is 2. The molecule has 2 rings (SSSR count). The zero-order chi connectivity index (χ0) is 6.97. The molecule has 2 atom stereocenters. The summed E-state index contributed by atoms with van der Waals surface area (Å²) in [5, 5.41) is 0. The van der Waals surface area contributed by atoms with Crippen molar-refractivity contribution in [3.05, 3.63) is 0 Å². The van der Waals surface area contributed by atoms with E-state index in [4.69, 9.17) is 4.74 Å². The summed E-state index contributed by atoms with van der Waals surface area (Å²) >= 11 is 0. The van der Waals surface area contributed by atoms with E-state index >= 15 is 0 Å². The topological polar surface area (TPSA) is 29.5 Å². The van der Waals surface area contributed by atoms with Gasteiger partial charge in [0.05, 0.1) is 12.2 Å². The molecule has 55 valence electrons. The Hall–Kier alpha value is -0.570. The fourth-order valence-electron chi connectivity index (χ4n) is 1.69.